The standard InChI is InChI=1S/C8H9F7/c1-4(7(10,11)12)6(8(13,14)15)2-5(6)3-9/h4-5H,2-3H2,1H3. The molecule has 0 aromatic heterocycles. The van der Waals surface area contributed by atoms with Gasteiger partial charge in [0.2, 0.25) is 0 Å². The van der Waals surface area contributed by atoms with Gasteiger partial charge in [-0.2, -0.15) is 26.3 Å². The largest absolute Gasteiger partial charge is 0.395 e. The third-order valence-corrected chi connectivity index (χ3v) is 3.13. The summed E-state index contributed by atoms with van der Waals surface area (Å²) in [4.78, 5) is 0. The summed E-state index contributed by atoms with van der Waals surface area (Å²) < 4.78 is 86.0. The fourth-order valence-corrected chi connectivity index (χ4v) is 1.96. The summed E-state index contributed by atoms with van der Waals surface area (Å²) >= 11 is 0. The summed E-state index contributed by atoms with van der Waals surface area (Å²) in [6.45, 7) is -0.900. The molecule has 0 aromatic carbocycles. The van der Waals surface area contributed by atoms with E-state index >= 15 is 0 Å². The summed E-state index contributed by atoms with van der Waals surface area (Å²) in [7, 11) is 0. The maximum atomic E-state index is 12.4. The van der Waals surface area contributed by atoms with Gasteiger partial charge < -0.3 is 0 Å². The van der Waals surface area contributed by atoms with Gasteiger partial charge in [-0.25, -0.2) is 0 Å². The Bertz CT molecular complexity index is 240. The minimum Gasteiger partial charge on any atom is -0.251 e. The van der Waals surface area contributed by atoms with Crippen LogP contribution in [0.4, 0.5) is 30.7 Å². The van der Waals surface area contributed by atoms with Crippen molar-refractivity contribution in [3.05, 3.63) is 0 Å². The molecule has 90 valence electrons. The second-order valence-corrected chi connectivity index (χ2v) is 3.86. The highest BCUT2D eigenvalue weighted by Gasteiger charge is 2.76. The average molecular weight is 238 g/mol. The van der Waals surface area contributed by atoms with E-state index in [-0.39, 0.29) is 0 Å². The van der Waals surface area contributed by atoms with Crippen LogP contribution in [0.15, 0.2) is 0 Å². The Morgan fingerprint density at radius 1 is 1.20 bits per heavy atom. The van der Waals surface area contributed by atoms with Gasteiger partial charge in [0.25, 0.3) is 0 Å². The molecule has 1 aliphatic rings. The lowest BCUT2D eigenvalue weighted by Gasteiger charge is -2.29. The van der Waals surface area contributed by atoms with Gasteiger partial charge in [-0.3, -0.25) is 4.39 Å². The summed E-state index contributed by atoms with van der Waals surface area (Å²) in [6.07, 6.45) is -10.7. The lowest BCUT2D eigenvalue weighted by molar-refractivity contribution is -0.266. The van der Waals surface area contributed by atoms with E-state index in [1.165, 1.54) is 0 Å². The summed E-state index contributed by atoms with van der Waals surface area (Å²) in [5, 5.41) is 0. The van der Waals surface area contributed by atoms with E-state index in [1.54, 1.807) is 0 Å². The van der Waals surface area contributed by atoms with E-state index < -0.39 is 42.7 Å². The lowest BCUT2D eigenvalue weighted by atomic mass is 9.87. The first-order chi connectivity index (χ1) is 6.57. The van der Waals surface area contributed by atoms with Crippen molar-refractivity contribution in [3.8, 4) is 0 Å². The molecule has 0 radical (unpaired) electrons. The highest BCUT2D eigenvalue weighted by molar-refractivity contribution is 5.11. The molecule has 7 heteroatoms. The van der Waals surface area contributed by atoms with Crippen LogP contribution in [0.3, 0.4) is 0 Å². The van der Waals surface area contributed by atoms with Gasteiger partial charge in [0, 0.05) is 5.92 Å². The Labute approximate surface area is 81.4 Å². The van der Waals surface area contributed by atoms with Crippen LogP contribution < -0.4 is 0 Å². The van der Waals surface area contributed by atoms with Crippen molar-refractivity contribution in [1.29, 1.82) is 0 Å². The Hall–Kier alpha value is -0.490. The Morgan fingerprint density at radius 3 is 1.87 bits per heavy atom. The molecule has 1 aliphatic carbocycles. The normalized spacial score (nSPS) is 34.0. The molecule has 0 heterocycles. The van der Waals surface area contributed by atoms with E-state index in [1.807, 2.05) is 0 Å². The molecule has 1 saturated carbocycles. The lowest BCUT2D eigenvalue weighted by Crippen LogP contribution is -2.40. The van der Waals surface area contributed by atoms with Crippen molar-refractivity contribution in [2.24, 2.45) is 17.3 Å². The maximum Gasteiger partial charge on any atom is 0.395 e. The number of halogens is 7. The first-order valence-electron chi connectivity index (χ1n) is 4.26. The number of rotatable bonds is 2. The second kappa shape index (κ2) is 3.25. The van der Waals surface area contributed by atoms with Crippen LogP contribution in [0, 0.1) is 17.3 Å². The van der Waals surface area contributed by atoms with Crippen LogP contribution >= 0.6 is 0 Å². The van der Waals surface area contributed by atoms with Gasteiger partial charge >= 0.3 is 12.4 Å². The average Bonchev–Trinajstić information content (AvgIpc) is 2.74. The summed E-state index contributed by atoms with van der Waals surface area (Å²) in [5.74, 6) is -4.10. The van der Waals surface area contributed by atoms with Crippen molar-refractivity contribution < 1.29 is 30.7 Å². The molecule has 0 spiro atoms. The minimum absolute atomic E-state index is 0.461. The first-order valence-corrected chi connectivity index (χ1v) is 4.26. The first kappa shape index (κ1) is 12.6. The molecule has 3 atom stereocenters. The highest BCUT2D eigenvalue weighted by atomic mass is 19.4. The van der Waals surface area contributed by atoms with E-state index in [0.717, 1.165) is 0 Å². The minimum atomic E-state index is -5.00. The summed E-state index contributed by atoms with van der Waals surface area (Å²) in [5.41, 5.74) is -2.90. The fourth-order valence-electron chi connectivity index (χ4n) is 1.96. The molecule has 15 heavy (non-hydrogen) atoms. The van der Waals surface area contributed by atoms with Crippen LogP contribution in [0.25, 0.3) is 0 Å². The van der Waals surface area contributed by atoms with Crippen LogP contribution in [0.1, 0.15) is 13.3 Å². The molecule has 1 fully saturated rings. The molecule has 0 aliphatic heterocycles. The molecule has 0 aromatic rings. The number of hydrogen-bond donors (Lipinski definition) is 0. The number of alkyl halides is 7. The maximum absolute atomic E-state index is 12.4. The van der Waals surface area contributed by atoms with Crippen molar-refractivity contribution in [2.45, 2.75) is 25.7 Å². The predicted molar refractivity (Wildman–Crippen MR) is 37.8 cm³/mol. The molecule has 0 N–H and O–H groups in total. The Morgan fingerprint density at radius 2 is 1.67 bits per heavy atom. The van der Waals surface area contributed by atoms with Crippen molar-refractivity contribution in [1.82, 2.24) is 0 Å². The molecule has 0 nitrogen and oxygen atoms in total. The van der Waals surface area contributed by atoms with Gasteiger partial charge in [0.05, 0.1) is 18.0 Å². The molecule has 3 unspecified atom stereocenters. The molecular formula is C8H9F7. The molecule has 0 saturated heterocycles. The molecule has 1 rings (SSSR count). The Balaban J connectivity index is 2.97. The zero-order chi connectivity index (χ0) is 12.1. The van der Waals surface area contributed by atoms with E-state index in [9.17, 15) is 30.7 Å². The van der Waals surface area contributed by atoms with Gasteiger partial charge in [0.1, 0.15) is 0 Å². The van der Waals surface area contributed by atoms with Crippen LogP contribution in [-0.2, 0) is 0 Å². The van der Waals surface area contributed by atoms with Crippen molar-refractivity contribution in [2.75, 3.05) is 6.67 Å². The zero-order valence-electron chi connectivity index (χ0n) is 7.71. The van der Waals surface area contributed by atoms with Crippen molar-refractivity contribution in [3.63, 3.8) is 0 Å². The van der Waals surface area contributed by atoms with Crippen LogP contribution in [0.5, 0.6) is 0 Å². The van der Waals surface area contributed by atoms with Gasteiger partial charge in [-0.05, 0) is 6.42 Å². The third-order valence-electron chi connectivity index (χ3n) is 3.13. The van der Waals surface area contributed by atoms with E-state index in [4.69, 9.17) is 0 Å². The van der Waals surface area contributed by atoms with Crippen LogP contribution in [0.2, 0.25) is 0 Å². The van der Waals surface area contributed by atoms with Crippen LogP contribution in [-0.4, -0.2) is 19.0 Å². The van der Waals surface area contributed by atoms with Crippen molar-refractivity contribution >= 4 is 0 Å². The second-order valence-electron chi connectivity index (χ2n) is 3.86. The van der Waals surface area contributed by atoms with Gasteiger partial charge in [-0.15, -0.1) is 0 Å². The SMILES string of the molecule is CC(C(F)(F)F)C1(C(F)(F)F)CC1CF. The highest BCUT2D eigenvalue weighted by Crippen LogP contribution is 2.69. The van der Waals surface area contributed by atoms with Gasteiger partial charge in [0.15, 0.2) is 0 Å². The molecular weight excluding hydrogens is 229 g/mol. The summed E-state index contributed by atoms with van der Waals surface area (Å²) in [6, 6.07) is 0. The quantitative estimate of drug-likeness (QED) is 0.643. The fraction of sp³-hybridized carbons (Fsp3) is 1.00. The smallest absolute Gasteiger partial charge is 0.251 e. The monoisotopic (exact) mass is 238 g/mol. The number of hydrogen-bond acceptors (Lipinski definition) is 0. The topological polar surface area (TPSA) is 0 Å². The Kier molecular flexibility index (Phi) is 2.72. The van der Waals surface area contributed by atoms with E-state index in [2.05, 4.69) is 0 Å². The predicted octanol–water partition coefficient (Wildman–Crippen LogP) is 3.72. The van der Waals surface area contributed by atoms with E-state index in [0.29, 0.717) is 6.92 Å². The molecule has 0 amide bonds. The van der Waals surface area contributed by atoms with Gasteiger partial charge in [-0.1, -0.05) is 6.92 Å². The zero-order valence-corrected chi connectivity index (χ0v) is 7.71. The molecule has 0 bridgehead atoms. The third kappa shape index (κ3) is 1.80.